The van der Waals surface area contributed by atoms with Crippen molar-refractivity contribution >= 4 is 15.9 Å². The lowest BCUT2D eigenvalue weighted by Crippen LogP contribution is -2.17. The van der Waals surface area contributed by atoms with Crippen molar-refractivity contribution in [3.63, 3.8) is 0 Å². The third-order valence-electron chi connectivity index (χ3n) is 3.45. The first-order valence-corrected chi connectivity index (χ1v) is 7.96. The molecule has 0 heterocycles. The number of nitrogens with two attached hydrogens (primary N) is 1. The largest absolute Gasteiger partial charge is 0.457 e. The molecule has 0 fully saturated rings. The third kappa shape index (κ3) is 4.08. The first-order valence-electron chi connectivity index (χ1n) is 7.16. The van der Waals surface area contributed by atoms with Crippen molar-refractivity contribution in [2.45, 2.75) is 40.2 Å². The molecule has 0 aromatic heterocycles. The summed E-state index contributed by atoms with van der Waals surface area (Å²) < 4.78 is 7.22. The lowest BCUT2D eigenvalue weighted by molar-refractivity contribution is 0.477. The van der Waals surface area contributed by atoms with Gasteiger partial charge >= 0.3 is 0 Å². The van der Waals surface area contributed by atoms with Gasteiger partial charge in [0, 0.05) is 10.5 Å². The summed E-state index contributed by atoms with van der Waals surface area (Å²) >= 11 is 3.58. The third-order valence-corrected chi connectivity index (χ3v) is 4.70. The molecule has 0 aliphatic carbocycles. The lowest BCUT2D eigenvalue weighted by atomic mass is 10.1. The van der Waals surface area contributed by atoms with Crippen LogP contribution in [0.15, 0.2) is 34.8 Å². The van der Waals surface area contributed by atoms with Crippen molar-refractivity contribution in [1.29, 1.82) is 0 Å². The molecule has 2 aromatic rings. The highest BCUT2D eigenvalue weighted by atomic mass is 79.9. The summed E-state index contributed by atoms with van der Waals surface area (Å²) in [6, 6.07) is 10.5. The Morgan fingerprint density at radius 3 is 2.24 bits per heavy atom. The van der Waals surface area contributed by atoms with E-state index in [1.165, 1.54) is 16.7 Å². The van der Waals surface area contributed by atoms with E-state index in [0.29, 0.717) is 0 Å². The van der Waals surface area contributed by atoms with E-state index in [9.17, 15) is 0 Å². The number of ether oxygens (including phenoxy) is 1. The number of benzene rings is 2. The van der Waals surface area contributed by atoms with Gasteiger partial charge in [0.2, 0.25) is 0 Å². The number of aryl methyl sites for hydroxylation is 3. The molecule has 1 unspecified atom stereocenters. The van der Waals surface area contributed by atoms with Gasteiger partial charge in [-0.15, -0.1) is 0 Å². The molecule has 0 saturated carbocycles. The van der Waals surface area contributed by atoms with Gasteiger partial charge in [-0.05, 0) is 74.6 Å². The number of hydrogen-bond acceptors (Lipinski definition) is 2. The van der Waals surface area contributed by atoms with E-state index in [4.69, 9.17) is 10.5 Å². The van der Waals surface area contributed by atoms with Gasteiger partial charge in [0.15, 0.2) is 0 Å². The molecule has 0 spiro atoms. The van der Waals surface area contributed by atoms with E-state index in [1.807, 2.05) is 6.92 Å². The van der Waals surface area contributed by atoms with Crippen molar-refractivity contribution in [2.24, 2.45) is 5.73 Å². The van der Waals surface area contributed by atoms with Crippen molar-refractivity contribution in [3.05, 3.63) is 57.1 Å². The molecule has 0 aliphatic rings. The number of hydrogen-bond donors (Lipinski definition) is 1. The highest BCUT2D eigenvalue weighted by Gasteiger charge is 2.08. The zero-order valence-corrected chi connectivity index (χ0v) is 14.6. The fourth-order valence-electron chi connectivity index (χ4n) is 2.35. The predicted octanol–water partition coefficient (Wildman–Crippen LogP) is 5.06. The summed E-state index contributed by atoms with van der Waals surface area (Å²) in [6.07, 6.45) is 0.856. The van der Waals surface area contributed by atoms with Crippen LogP contribution in [0, 0.1) is 20.8 Å². The molecule has 0 amide bonds. The van der Waals surface area contributed by atoms with Crippen LogP contribution in [0.25, 0.3) is 0 Å². The van der Waals surface area contributed by atoms with Crippen LogP contribution in [0.5, 0.6) is 11.5 Å². The van der Waals surface area contributed by atoms with Crippen LogP contribution in [-0.2, 0) is 6.42 Å². The highest BCUT2D eigenvalue weighted by Crippen LogP contribution is 2.31. The Balaban J connectivity index is 2.30. The van der Waals surface area contributed by atoms with E-state index in [0.717, 1.165) is 28.0 Å². The Bertz CT molecular complexity index is 627. The van der Waals surface area contributed by atoms with Gasteiger partial charge in [-0.3, -0.25) is 0 Å². The van der Waals surface area contributed by atoms with Gasteiger partial charge in [0.1, 0.15) is 11.5 Å². The Morgan fingerprint density at radius 2 is 1.67 bits per heavy atom. The number of halogens is 1. The Labute approximate surface area is 135 Å². The topological polar surface area (TPSA) is 35.2 Å². The molecule has 2 nitrogen and oxygen atoms in total. The molecule has 2 aromatic carbocycles. The summed E-state index contributed by atoms with van der Waals surface area (Å²) in [4.78, 5) is 0. The van der Waals surface area contributed by atoms with Gasteiger partial charge in [-0.25, -0.2) is 0 Å². The van der Waals surface area contributed by atoms with Crippen molar-refractivity contribution in [1.82, 2.24) is 0 Å². The van der Waals surface area contributed by atoms with E-state index < -0.39 is 0 Å². The average Bonchev–Trinajstić information content (AvgIpc) is 2.39. The maximum absolute atomic E-state index is 6.09. The molecule has 0 saturated heterocycles. The molecule has 2 N–H and O–H groups in total. The van der Waals surface area contributed by atoms with Gasteiger partial charge < -0.3 is 10.5 Å². The van der Waals surface area contributed by atoms with Crippen LogP contribution in [0.3, 0.4) is 0 Å². The molecule has 2 rings (SSSR count). The molecule has 112 valence electrons. The van der Waals surface area contributed by atoms with Crippen LogP contribution in [0.1, 0.15) is 29.2 Å². The molecule has 0 bridgehead atoms. The standard InChI is InChI=1S/C18H22BrNO/c1-11-5-6-15(9-14(4)20)10-17(11)21-16-7-12(2)18(19)13(3)8-16/h5-8,10,14H,9,20H2,1-4H3. The van der Waals surface area contributed by atoms with Gasteiger partial charge in [0.05, 0.1) is 0 Å². The monoisotopic (exact) mass is 347 g/mol. The molecular formula is C18H22BrNO. The second-order valence-corrected chi connectivity index (χ2v) is 6.55. The maximum atomic E-state index is 6.09. The Morgan fingerprint density at radius 1 is 1.05 bits per heavy atom. The highest BCUT2D eigenvalue weighted by molar-refractivity contribution is 9.10. The Kier molecular flexibility index (Phi) is 5.07. The second kappa shape index (κ2) is 6.63. The molecule has 1 atom stereocenters. The minimum atomic E-state index is 0.151. The van der Waals surface area contributed by atoms with Gasteiger partial charge in [-0.2, -0.15) is 0 Å². The van der Waals surface area contributed by atoms with Crippen molar-refractivity contribution in [2.75, 3.05) is 0 Å². The zero-order valence-electron chi connectivity index (χ0n) is 13.0. The minimum absolute atomic E-state index is 0.151. The number of rotatable bonds is 4. The van der Waals surface area contributed by atoms with Gasteiger partial charge in [-0.1, -0.05) is 28.1 Å². The van der Waals surface area contributed by atoms with Crippen LogP contribution < -0.4 is 10.5 Å². The average molecular weight is 348 g/mol. The van der Waals surface area contributed by atoms with Crippen molar-refractivity contribution < 1.29 is 4.74 Å². The second-order valence-electron chi connectivity index (χ2n) is 5.75. The normalized spacial score (nSPS) is 12.3. The van der Waals surface area contributed by atoms with Crippen LogP contribution in [0.2, 0.25) is 0 Å². The Hall–Kier alpha value is -1.32. The van der Waals surface area contributed by atoms with Crippen LogP contribution >= 0.6 is 15.9 Å². The molecular weight excluding hydrogens is 326 g/mol. The summed E-state index contributed by atoms with van der Waals surface area (Å²) in [5.41, 5.74) is 10.6. The minimum Gasteiger partial charge on any atom is -0.457 e. The van der Waals surface area contributed by atoms with Crippen LogP contribution in [0.4, 0.5) is 0 Å². The summed E-state index contributed by atoms with van der Waals surface area (Å²) in [5.74, 6) is 1.77. The van der Waals surface area contributed by atoms with E-state index in [1.54, 1.807) is 0 Å². The first-order chi connectivity index (χ1) is 9.86. The van der Waals surface area contributed by atoms with E-state index in [-0.39, 0.29) is 6.04 Å². The molecule has 0 aliphatic heterocycles. The van der Waals surface area contributed by atoms with Gasteiger partial charge in [0.25, 0.3) is 0 Å². The van der Waals surface area contributed by atoms with Crippen molar-refractivity contribution in [3.8, 4) is 11.5 Å². The quantitative estimate of drug-likeness (QED) is 0.839. The first kappa shape index (κ1) is 16.1. The lowest BCUT2D eigenvalue weighted by Gasteiger charge is -2.14. The van der Waals surface area contributed by atoms with E-state index >= 15 is 0 Å². The zero-order chi connectivity index (χ0) is 15.6. The SMILES string of the molecule is Cc1ccc(CC(C)N)cc1Oc1cc(C)c(Br)c(C)c1. The predicted molar refractivity (Wildman–Crippen MR) is 92.2 cm³/mol. The summed E-state index contributed by atoms with van der Waals surface area (Å²) in [7, 11) is 0. The fraction of sp³-hybridized carbons (Fsp3) is 0.333. The summed E-state index contributed by atoms with van der Waals surface area (Å²) in [6.45, 7) is 8.22. The smallest absolute Gasteiger partial charge is 0.130 e. The summed E-state index contributed by atoms with van der Waals surface area (Å²) in [5, 5.41) is 0. The van der Waals surface area contributed by atoms with Crippen LogP contribution in [-0.4, -0.2) is 6.04 Å². The fourth-order valence-corrected chi connectivity index (χ4v) is 2.57. The molecule has 0 radical (unpaired) electrons. The maximum Gasteiger partial charge on any atom is 0.130 e. The van der Waals surface area contributed by atoms with E-state index in [2.05, 4.69) is 67.0 Å². The molecule has 21 heavy (non-hydrogen) atoms. The molecule has 3 heteroatoms.